The molecule has 2 heterocycles. The summed E-state index contributed by atoms with van der Waals surface area (Å²) in [5, 5.41) is 0. The maximum absolute atomic E-state index is 11.8. The van der Waals surface area contributed by atoms with Crippen LogP contribution in [0.1, 0.15) is 19.4 Å². The minimum atomic E-state index is -0.705. The lowest BCUT2D eigenvalue weighted by Crippen LogP contribution is -2.55. The fourth-order valence-corrected chi connectivity index (χ4v) is 3.32. The lowest BCUT2D eigenvalue weighted by atomic mass is 9.94. The van der Waals surface area contributed by atoms with E-state index in [0.29, 0.717) is 11.4 Å². The van der Waals surface area contributed by atoms with Crippen molar-refractivity contribution in [3.63, 3.8) is 0 Å². The highest BCUT2D eigenvalue weighted by molar-refractivity contribution is 9.10. The lowest BCUT2D eigenvalue weighted by molar-refractivity contribution is -0.112. The zero-order valence-electron chi connectivity index (χ0n) is 13.2. The highest BCUT2D eigenvalue weighted by Crippen LogP contribution is 2.45. The van der Waals surface area contributed by atoms with Crippen molar-refractivity contribution in [3.8, 4) is 5.75 Å². The summed E-state index contributed by atoms with van der Waals surface area (Å²) in [4.78, 5) is 18.3. The van der Waals surface area contributed by atoms with Crippen molar-refractivity contribution in [3.05, 3.63) is 40.5 Å². The smallest absolute Gasteiger partial charge is 0.146 e. The number of aromatic nitrogens is 1. The number of nitrogen functional groups attached to an aromatic ring is 1. The van der Waals surface area contributed by atoms with Crippen molar-refractivity contribution in [1.29, 1.82) is 0 Å². The second kappa shape index (κ2) is 5.53. The van der Waals surface area contributed by atoms with Crippen LogP contribution in [-0.4, -0.2) is 22.9 Å². The third kappa shape index (κ3) is 2.67. The van der Waals surface area contributed by atoms with Crippen LogP contribution in [0.4, 0.5) is 17.2 Å². The molecular weight excluding hydrogens is 358 g/mol. The quantitative estimate of drug-likeness (QED) is 0.641. The highest BCUT2D eigenvalue weighted by Gasteiger charge is 2.43. The van der Waals surface area contributed by atoms with Gasteiger partial charge in [0.15, 0.2) is 0 Å². The largest absolute Gasteiger partial charge is 0.483 e. The monoisotopic (exact) mass is 375 g/mol. The Labute approximate surface area is 143 Å². The van der Waals surface area contributed by atoms with Gasteiger partial charge in [-0.1, -0.05) is 0 Å². The fraction of sp³-hybridized carbons (Fsp3) is 0.294. The predicted octanol–water partition coefficient (Wildman–Crippen LogP) is 3.61. The van der Waals surface area contributed by atoms with Crippen LogP contribution in [0.5, 0.6) is 5.75 Å². The number of benzene rings is 1. The van der Waals surface area contributed by atoms with Gasteiger partial charge in [-0.15, -0.1) is 0 Å². The Morgan fingerprint density at radius 2 is 2.13 bits per heavy atom. The van der Waals surface area contributed by atoms with Gasteiger partial charge in [0.05, 0.1) is 5.69 Å². The second-order valence-corrected chi connectivity index (χ2v) is 7.09. The number of rotatable bonds is 2. The topological polar surface area (TPSA) is 68.5 Å². The molecule has 6 heteroatoms. The Bertz CT molecular complexity index is 776. The van der Waals surface area contributed by atoms with Crippen LogP contribution >= 0.6 is 15.9 Å². The lowest BCUT2D eigenvalue weighted by Gasteiger charge is -2.45. The zero-order chi connectivity index (χ0) is 16.8. The molecule has 0 saturated heterocycles. The number of pyridine rings is 1. The summed E-state index contributed by atoms with van der Waals surface area (Å²) >= 11 is 3.42. The first-order chi connectivity index (χ1) is 10.8. The van der Waals surface area contributed by atoms with Gasteiger partial charge in [-0.3, -0.25) is 0 Å². The molecule has 5 nitrogen and oxygen atoms in total. The standard InChI is InChI=1S/C17H18BrN3O2/c1-10-6-11(18)8-20-16(10)21-13-5-4-12(19)7-14(13)23-17(2,3)15(21)9-22/h4-9,15H,19H2,1-3H3. The Morgan fingerprint density at radius 1 is 1.39 bits per heavy atom. The third-order valence-corrected chi connectivity index (χ3v) is 4.41. The predicted molar refractivity (Wildman–Crippen MR) is 94.2 cm³/mol. The molecule has 1 aromatic heterocycles. The molecule has 1 aliphatic rings. The van der Waals surface area contributed by atoms with E-state index in [1.807, 2.05) is 37.8 Å². The molecule has 1 atom stereocenters. The molecule has 23 heavy (non-hydrogen) atoms. The molecule has 2 N–H and O–H groups in total. The summed E-state index contributed by atoms with van der Waals surface area (Å²) in [7, 11) is 0. The number of aldehydes is 1. The normalized spacial score (nSPS) is 19.0. The molecule has 1 aromatic carbocycles. The van der Waals surface area contributed by atoms with E-state index < -0.39 is 11.6 Å². The van der Waals surface area contributed by atoms with Gasteiger partial charge in [-0.25, -0.2) is 4.98 Å². The summed E-state index contributed by atoms with van der Waals surface area (Å²) in [5.74, 6) is 1.38. The van der Waals surface area contributed by atoms with E-state index >= 15 is 0 Å². The molecule has 120 valence electrons. The molecule has 0 bridgehead atoms. The van der Waals surface area contributed by atoms with Crippen LogP contribution < -0.4 is 15.4 Å². The number of nitrogens with two attached hydrogens (primary N) is 1. The van der Waals surface area contributed by atoms with E-state index in [1.54, 1.807) is 18.3 Å². The number of fused-ring (bicyclic) bond motifs is 1. The number of anilines is 3. The van der Waals surface area contributed by atoms with Gasteiger partial charge in [-0.2, -0.15) is 0 Å². The van der Waals surface area contributed by atoms with E-state index in [0.717, 1.165) is 27.8 Å². The molecule has 0 fully saturated rings. The van der Waals surface area contributed by atoms with Crippen LogP contribution in [0.2, 0.25) is 0 Å². The Kier molecular flexibility index (Phi) is 3.80. The van der Waals surface area contributed by atoms with Crippen molar-refractivity contribution in [2.75, 3.05) is 10.6 Å². The van der Waals surface area contributed by atoms with E-state index in [1.165, 1.54) is 0 Å². The van der Waals surface area contributed by atoms with Crippen LogP contribution in [0.15, 0.2) is 34.9 Å². The molecule has 0 amide bonds. The van der Waals surface area contributed by atoms with E-state index in [9.17, 15) is 4.79 Å². The number of halogens is 1. The minimum absolute atomic E-state index is 0.494. The van der Waals surface area contributed by atoms with Crippen LogP contribution in [-0.2, 0) is 4.79 Å². The highest BCUT2D eigenvalue weighted by atomic mass is 79.9. The van der Waals surface area contributed by atoms with E-state index in [-0.39, 0.29) is 0 Å². The van der Waals surface area contributed by atoms with Gasteiger partial charge in [0.1, 0.15) is 29.5 Å². The zero-order valence-corrected chi connectivity index (χ0v) is 14.8. The molecule has 0 saturated carbocycles. The van der Waals surface area contributed by atoms with Crippen molar-refractivity contribution >= 4 is 39.4 Å². The van der Waals surface area contributed by atoms with Gasteiger partial charge in [0.25, 0.3) is 0 Å². The molecular formula is C17H18BrN3O2. The maximum Gasteiger partial charge on any atom is 0.146 e. The molecule has 3 rings (SSSR count). The van der Waals surface area contributed by atoms with Crippen LogP contribution in [0, 0.1) is 6.92 Å². The first-order valence-corrected chi connectivity index (χ1v) is 8.08. The third-order valence-electron chi connectivity index (χ3n) is 3.98. The summed E-state index contributed by atoms with van der Waals surface area (Å²) in [6.45, 7) is 5.74. The van der Waals surface area contributed by atoms with Crippen molar-refractivity contribution in [2.45, 2.75) is 32.4 Å². The van der Waals surface area contributed by atoms with Gasteiger partial charge in [0.2, 0.25) is 0 Å². The average molecular weight is 376 g/mol. The Morgan fingerprint density at radius 3 is 2.78 bits per heavy atom. The fourth-order valence-electron chi connectivity index (χ4n) is 2.87. The maximum atomic E-state index is 11.8. The van der Waals surface area contributed by atoms with Crippen molar-refractivity contribution in [1.82, 2.24) is 4.98 Å². The number of hydrogen-bond donors (Lipinski definition) is 1. The van der Waals surface area contributed by atoms with Crippen molar-refractivity contribution in [2.24, 2.45) is 0 Å². The molecule has 1 unspecified atom stereocenters. The average Bonchev–Trinajstić information content (AvgIpc) is 2.45. The van der Waals surface area contributed by atoms with Crippen LogP contribution in [0.25, 0.3) is 0 Å². The SMILES string of the molecule is Cc1cc(Br)cnc1N1c2ccc(N)cc2OC(C)(C)C1C=O. The summed E-state index contributed by atoms with van der Waals surface area (Å²) in [5.41, 5.74) is 7.54. The summed E-state index contributed by atoms with van der Waals surface area (Å²) in [6, 6.07) is 6.91. The van der Waals surface area contributed by atoms with E-state index in [4.69, 9.17) is 10.5 Å². The Balaban J connectivity index is 2.25. The molecule has 0 radical (unpaired) electrons. The number of carbonyl (C=O) groups excluding carboxylic acids is 1. The van der Waals surface area contributed by atoms with Crippen LogP contribution in [0.3, 0.4) is 0 Å². The molecule has 0 spiro atoms. The van der Waals surface area contributed by atoms with Gasteiger partial charge < -0.3 is 20.2 Å². The molecule has 0 aliphatic carbocycles. The molecule has 2 aromatic rings. The first-order valence-electron chi connectivity index (χ1n) is 7.28. The number of carbonyl (C=O) groups is 1. The summed E-state index contributed by atoms with van der Waals surface area (Å²) < 4.78 is 6.92. The first kappa shape index (κ1) is 15.8. The number of aryl methyl sites for hydroxylation is 1. The Hall–Kier alpha value is -2.08. The minimum Gasteiger partial charge on any atom is -0.483 e. The second-order valence-electron chi connectivity index (χ2n) is 6.18. The van der Waals surface area contributed by atoms with Gasteiger partial charge in [0, 0.05) is 22.4 Å². The van der Waals surface area contributed by atoms with Gasteiger partial charge >= 0.3 is 0 Å². The van der Waals surface area contributed by atoms with E-state index in [2.05, 4.69) is 20.9 Å². The summed E-state index contributed by atoms with van der Waals surface area (Å²) in [6.07, 6.45) is 2.63. The van der Waals surface area contributed by atoms with Crippen molar-refractivity contribution < 1.29 is 9.53 Å². The molecule has 1 aliphatic heterocycles. The number of hydrogen-bond acceptors (Lipinski definition) is 5. The number of ether oxygens (including phenoxy) is 1. The number of nitrogens with zero attached hydrogens (tertiary/aromatic N) is 2. The van der Waals surface area contributed by atoms with Gasteiger partial charge in [-0.05, 0) is 60.5 Å².